The lowest BCUT2D eigenvalue weighted by atomic mass is 10.1. The molecule has 2 atom stereocenters. The Labute approximate surface area is 113 Å². The van der Waals surface area contributed by atoms with Crippen molar-refractivity contribution in [2.75, 3.05) is 19.3 Å². The van der Waals surface area contributed by atoms with Crippen LogP contribution in [0.5, 0.6) is 0 Å². The molecule has 0 radical (unpaired) electrons. The maximum absolute atomic E-state index is 11.6. The lowest BCUT2D eigenvalue weighted by Gasteiger charge is -2.24. The van der Waals surface area contributed by atoms with Crippen LogP contribution in [0.4, 0.5) is 0 Å². The molecule has 1 saturated heterocycles. The molecule has 1 aliphatic rings. The van der Waals surface area contributed by atoms with Crippen LogP contribution < -0.4 is 5.32 Å². The fourth-order valence-electron chi connectivity index (χ4n) is 2.40. The van der Waals surface area contributed by atoms with Gasteiger partial charge in [0.25, 0.3) is 0 Å². The maximum Gasteiger partial charge on any atom is 0.211 e. The van der Waals surface area contributed by atoms with Gasteiger partial charge in [0.2, 0.25) is 10.0 Å². The van der Waals surface area contributed by atoms with E-state index in [9.17, 15) is 8.42 Å². The van der Waals surface area contributed by atoms with E-state index in [1.54, 1.807) is 15.6 Å². The predicted molar refractivity (Wildman–Crippen MR) is 75.3 cm³/mol. The molecular formula is C12H20N2O2S2. The molecule has 0 spiro atoms. The summed E-state index contributed by atoms with van der Waals surface area (Å²) in [6, 6.07) is 2.49. The number of sulfonamides is 1. The highest BCUT2D eigenvalue weighted by atomic mass is 32.2. The highest BCUT2D eigenvalue weighted by molar-refractivity contribution is 7.88. The molecule has 0 aliphatic carbocycles. The summed E-state index contributed by atoms with van der Waals surface area (Å²) in [5.74, 6) is 0. The van der Waals surface area contributed by atoms with Gasteiger partial charge in [0, 0.05) is 25.2 Å². The van der Waals surface area contributed by atoms with E-state index in [0.29, 0.717) is 6.54 Å². The van der Waals surface area contributed by atoms with Crippen LogP contribution in [0, 0.1) is 0 Å². The molecule has 1 aliphatic heterocycles. The zero-order valence-electron chi connectivity index (χ0n) is 10.8. The first kappa shape index (κ1) is 14.0. The van der Waals surface area contributed by atoms with Crippen molar-refractivity contribution in [3.63, 3.8) is 0 Å². The van der Waals surface area contributed by atoms with Crippen molar-refractivity contribution in [1.82, 2.24) is 9.62 Å². The van der Waals surface area contributed by atoms with Crippen LogP contribution in [0.15, 0.2) is 16.8 Å². The first-order valence-electron chi connectivity index (χ1n) is 6.21. The van der Waals surface area contributed by atoms with Gasteiger partial charge in [-0.3, -0.25) is 0 Å². The Bertz CT molecular complexity index is 470. The number of hydrogen-bond acceptors (Lipinski definition) is 4. The Balaban J connectivity index is 1.90. The Morgan fingerprint density at radius 3 is 3.00 bits per heavy atom. The highest BCUT2D eigenvalue weighted by Gasteiger charge is 2.31. The molecule has 2 rings (SSSR count). The summed E-state index contributed by atoms with van der Waals surface area (Å²) in [7, 11) is -3.06. The normalized spacial score (nSPS) is 23.3. The van der Waals surface area contributed by atoms with Gasteiger partial charge in [0.1, 0.15) is 0 Å². The van der Waals surface area contributed by atoms with E-state index in [2.05, 4.69) is 29.1 Å². The van der Waals surface area contributed by atoms with Crippen LogP contribution in [-0.2, 0) is 10.0 Å². The molecule has 0 saturated carbocycles. The number of nitrogens with zero attached hydrogens (tertiary/aromatic N) is 1. The van der Waals surface area contributed by atoms with E-state index >= 15 is 0 Å². The Morgan fingerprint density at radius 1 is 1.61 bits per heavy atom. The van der Waals surface area contributed by atoms with Crippen molar-refractivity contribution in [1.29, 1.82) is 0 Å². The quantitative estimate of drug-likeness (QED) is 0.899. The van der Waals surface area contributed by atoms with E-state index in [-0.39, 0.29) is 12.1 Å². The maximum atomic E-state index is 11.6. The second-order valence-corrected chi connectivity index (χ2v) is 7.57. The topological polar surface area (TPSA) is 49.4 Å². The standard InChI is InChI=1S/C12H20N2O2S2/c1-10(11-5-7-17-9-11)13-8-12-4-3-6-14(12)18(2,15)16/h5,7,9-10,12-13H,3-4,6,8H2,1-2H3/t10-,12+/m0/s1. The van der Waals surface area contributed by atoms with E-state index in [4.69, 9.17) is 0 Å². The first-order chi connectivity index (χ1) is 8.48. The van der Waals surface area contributed by atoms with Crippen molar-refractivity contribution in [2.45, 2.75) is 31.8 Å². The summed E-state index contributed by atoms with van der Waals surface area (Å²) in [6.45, 7) is 3.50. The number of thiophene rings is 1. The second-order valence-electron chi connectivity index (χ2n) is 4.86. The largest absolute Gasteiger partial charge is 0.309 e. The molecule has 4 nitrogen and oxygen atoms in total. The van der Waals surface area contributed by atoms with E-state index in [1.165, 1.54) is 11.8 Å². The molecule has 0 aromatic carbocycles. The van der Waals surface area contributed by atoms with Crippen LogP contribution in [-0.4, -0.2) is 38.1 Å². The Kier molecular flexibility index (Phi) is 4.42. The SMILES string of the molecule is C[C@H](NC[C@H]1CCCN1S(C)(=O)=O)c1ccsc1. The molecule has 2 heterocycles. The minimum absolute atomic E-state index is 0.112. The summed E-state index contributed by atoms with van der Waals surface area (Å²) in [6.07, 6.45) is 3.22. The van der Waals surface area contributed by atoms with Gasteiger partial charge in [-0.1, -0.05) is 0 Å². The molecule has 18 heavy (non-hydrogen) atoms. The minimum atomic E-state index is -3.06. The van der Waals surface area contributed by atoms with Gasteiger partial charge in [-0.05, 0) is 42.2 Å². The van der Waals surface area contributed by atoms with E-state index in [1.807, 2.05) is 0 Å². The van der Waals surface area contributed by atoms with Crippen LogP contribution >= 0.6 is 11.3 Å². The summed E-state index contributed by atoms with van der Waals surface area (Å²) >= 11 is 1.68. The van der Waals surface area contributed by atoms with E-state index in [0.717, 1.165) is 19.4 Å². The van der Waals surface area contributed by atoms with Gasteiger partial charge in [-0.2, -0.15) is 15.6 Å². The first-order valence-corrected chi connectivity index (χ1v) is 9.00. The third-order valence-electron chi connectivity index (χ3n) is 3.45. The lowest BCUT2D eigenvalue weighted by Crippen LogP contribution is -2.41. The third kappa shape index (κ3) is 3.32. The molecule has 1 fully saturated rings. The van der Waals surface area contributed by atoms with Gasteiger partial charge in [0.05, 0.1) is 6.26 Å². The van der Waals surface area contributed by atoms with Crippen molar-refractivity contribution >= 4 is 21.4 Å². The van der Waals surface area contributed by atoms with Crippen LogP contribution in [0.3, 0.4) is 0 Å². The molecule has 102 valence electrons. The second kappa shape index (κ2) is 5.69. The molecule has 0 unspecified atom stereocenters. The predicted octanol–water partition coefficient (Wildman–Crippen LogP) is 1.82. The van der Waals surface area contributed by atoms with Crippen molar-refractivity contribution in [2.24, 2.45) is 0 Å². The minimum Gasteiger partial charge on any atom is -0.309 e. The molecule has 1 aromatic rings. The third-order valence-corrected chi connectivity index (χ3v) is 5.49. The number of nitrogens with one attached hydrogen (secondary N) is 1. The van der Waals surface area contributed by atoms with Crippen LogP contribution in [0.2, 0.25) is 0 Å². The lowest BCUT2D eigenvalue weighted by molar-refractivity contribution is 0.363. The zero-order chi connectivity index (χ0) is 13.2. The van der Waals surface area contributed by atoms with Crippen molar-refractivity contribution in [3.8, 4) is 0 Å². The fraction of sp³-hybridized carbons (Fsp3) is 0.667. The highest BCUT2D eigenvalue weighted by Crippen LogP contribution is 2.21. The summed E-state index contributed by atoms with van der Waals surface area (Å²) in [5.41, 5.74) is 1.27. The zero-order valence-corrected chi connectivity index (χ0v) is 12.4. The van der Waals surface area contributed by atoms with Gasteiger partial charge in [-0.15, -0.1) is 0 Å². The Morgan fingerprint density at radius 2 is 2.39 bits per heavy atom. The van der Waals surface area contributed by atoms with Crippen LogP contribution in [0.1, 0.15) is 31.4 Å². The van der Waals surface area contributed by atoms with Crippen molar-refractivity contribution < 1.29 is 8.42 Å². The molecule has 1 N–H and O–H groups in total. The number of rotatable bonds is 5. The van der Waals surface area contributed by atoms with Gasteiger partial charge in [-0.25, -0.2) is 8.42 Å². The summed E-state index contributed by atoms with van der Waals surface area (Å²) < 4.78 is 24.9. The molecule has 6 heteroatoms. The average molecular weight is 288 g/mol. The molecule has 0 bridgehead atoms. The van der Waals surface area contributed by atoms with Gasteiger partial charge >= 0.3 is 0 Å². The molecular weight excluding hydrogens is 268 g/mol. The summed E-state index contributed by atoms with van der Waals surface area (Å²) in [4.78, 5) is 0. The average Bonchev–Trinajstić information content (AvgIpc) is 2.95. The molecule has 0 amide bonds. The van der Waals surface area contributed by atoms with Crippen LogP contribution in [0.25, 0.3) is 0 Å². The fourth-order valence-corrected chi connectivity index (χ4v) is 4.34. The smallest absolute Gasteiger partial charge is 0.211 e. The van der Waals surface area contributed by atoms with E-state index < -0.39 is 10.0 Å². The molecule has 1 aromatic heterocycles. The van der Waals surface area contributed by atoms with Gasteiger partial charge < -0.3 is 5.32 Å². The van der Waals surface area contributed by atoms with Crippen molar-refractivity contribution in [3.05, 3.63) is 22.4 Å². The Hall–Kier alpha value is -0.430. The van der Waals surface area contributed by atoms with Gasteiger partial charge in [0.15, 0.2) is 0 Å². The monoisotopic (exact) mass is 288 g/mol. The summed E-state index contributed by atoms with van der Waals surface area (Å²) in [5, 5.41) is 7.62. The number of hydrogen-bond donors (Lipinski definition) is 1.